The van der Waals surface area contributed by atoms with E-state index >= 15 is 0 Å². The molecule has 0 bridgehead atoms. The highest BCUT2D eigenvalue weighted by Gasteiger charge is 2.43. The Kier molecular flexibility index (Phi) is 4.12. The van der Waals surface area contributed by atoms with Gasteiger partial charge in [0.15, 0.2) is 9.84 Å². The van der Waals surface area contributed by atoms with Gasteiger partial charge < -0.3 is 4.90 Å². The Morgan fingerprint density at radius 1 is 1.35 bits per heavy atom. The summed E-state index contributed by atoms with van der Waals surface area (Å²) in [5.74, 6) is -1.72. The Hall–Kier alpha value is -1.44. The molecule has 2 aliphatic heterocycles. The van der Waals surface area contributed by atoms with Crippen LogP contribution in [0.3, 0.4) is 0 Å². The molecule has 3 amide bonds. The van der Waals surface area contributed by atoms with Crippen molar-refractivity contribution < 1.29 is 22.8 Å². The second kappa shape index (κ2) is 5.51. The lowest BCUT2D eigenvalue weighted by Gasteiger charge is -2.36. The van der Waals surface area contributed by atoms with Gasteiger partial charge in [0.1, 0.15) is 17.8 Å². The molecule has 8 heteroatoms. The molecule has 1 N–H and O–H groups in total. The van der Waals surface area contributed by atoms with E-state index in [0.29, 0.717) is 19.3 Å². The third-order valence-corrected chi connectivity index (χ3v) is 5.94. The van der Waals surface area contributed by atoms with E-state index in [9.17, 15) is 22.8 Å². The van der Waals surface area contributed by atoms with Crippen LogP contribution in [0.25, 0.3) is 0 Å². The van der Waals surface area contributed by atoms with Gasteiger partial charge in [-0.2, -0.15) is 0 Å². The topological polar surface area (TPSA) is 101 Å². The van der Waals surface area contributed by atoms with Crippen LogP contribution in [0.15, 0.2) is 0 Å². The minimum absolute atomic E-state index is 0.00577. The summed E-state index contributed by atoms with van der Waals surface area (Å²) in [6.07, 6.45) is 1.84. The fourth-order valence-electron chi connectivity index (χ4n) is 2.72. The molecule has 0 saturated carbocycles. The summed E-state index contributed by atoms with van der Waals surface area (Å²) in [4.78, 5) is 36.7. The molecule has 20 heavy (non-hydrogen) atoms. The number of hydrogen-bond acceptors (Lipinski definition) is 5. The van der Waals surface area contributed by atoms with E-state index in [1.807, 2.05) is 0 Å². The highest BCUT2D eigenvalue weighted by molar-refractivity contribution is 7.92. The molecule has 0 spiro atoms. The zero-order valence-electron chi connectivity index (χ0n) is 11.3. The van der Waals surface area contributed by atoms with Crippen LogP contribution in [0, 0.1) is 0 Å². The van der Waals surface area contributed by atoms with Crippen molar-refractivity contribution in [3.8, 4) is 0 Å². The Morgan fingerprint density at radius 3 is 2.65 bits per heavy atom. The Morgan fingerprint density at radius 2 is 2.05 bits per heavy atom. The lowest BCUT2D eigenvalue weighted by atomic mass is 10.1. The van der Waals surface area contributed by atoms with Gasteiger partial charge in [-0.05, 0) is 19.3 Å². The van der Waals surface area contributed by atoms with Crippen molar-refractivity contribution in [2.75, 3.05) is 12.3 Å². The highest BCUT2D eigenvalue weighted by atomic mass is 32.2. The van der Waals surface area contributed by atoms with Crippen LogP contribution in [0.5, 0.6) is 0 Å². The van der Waals surface area contributed by atoms with Crippen LogP contribution in [0.4, 0.5) is 0 Å². The molecule has 2 rings (SSSR count). The highest BCUT2D eigenvalue weighted by Crippen LogP contribution is 2.23. The van der Waals surface area contributed by atoms with Crippen LogP contribution >= 0.6 is 0 Å². The molecular weight excluding hydrogens is 284 g/mol. The third kappa shape index (κ3) is 2.70. The number of imide groups is 1. The summed E-state index contributed by atoms with van der Waals surface area (Å²) >= 11 is 0. The lowest BCUT2D eigenvalue weighted by molar-refractivity contribution is -0.150. The fourth-order valence-corrected chi connectivity index (χ4v) is 4.58. The summed E-state index contributed by atoms with van der Waals surface area (Å²) < 4.78 is 24.0. The Bertz CT molecular complexity index is 542. The van der Waals surface area contributed by atoms with Gasteiger partial charge >= 0.3 is 0 Å². The summed E-state index contributed by atoms with van der Waals surface area (Å²) in [6.45, 7) is 1.46. The molecule has 7 nitrogen and oxygen atoms in total. The quantitative estimate of drug-likeness (QED) is 0.674. The maximum absolute atomic E-state index is 12.4. The number of sulfone groups is 1. The number of amides is 3. The van der Waals surface area contributed by atoms with Gasteiger partial charge in [-0.3, -0.25) is 19.7 Å². The molecule has 2 unspecified atom stereocenters. The largest absolute Gasteiger partial charge is 0.320 e. The van der Waals surface area contributed by atoms with E-state index in [0.717, 1.165) is 4.90 Å². The molecule has 2 heterocycles. The second-order valence-electron chi connectivity index (χ2n) is 5.15. The van der Waals surface area contributed by atoms with E-state index in [1.54, 1.807) is 6.92 Å². The number of carbonyl (C=O) groups is 3. The van der Waals surface area contributed by atoms with Gasteiger partial charge in [-0.15, -0.1) is 0 Å². The standard InChI is InChI=1S/C12H18N2O5S/c1-2-8-11(16)13-10(15)7-14(8)12(17)9-5-3-4-6-20(9,18)19/h8-9H,2-7H2,1H3,(H,13,15,16). The van der Waals surface area contributed by atoms with Crippen molar-refractivity contribution in [1.82, 2.24) is 10.2 Å². The van der Waals surface area contributed by atoms with E-state index < -0.39 is 38.9 Å². The SMILES string of the molecule is CCC1C(=O)NC(=O)CN1C(=O)C1CCCCS1(=O)=O. The Labute approximate surface area is 117 Å². The minimum Gasteiger partial charge on any atom is -0.320 e. The number of carbonyl (C=O) groups excluding carboxylic acids is 3. The molecule has 2 saturated heterocycles. The number of nitrogens with zero attached hydrogens (tertiary/aromatic N) is 1. The summed E-state index contributed by atoms with van der Waals surface area (Å²) in [7, 11) is -3.47. The maximum atomic E-state index is 12.4. The maximum Gasteiger partial charge on any atom is 0.249 e. The number of hydrogen-bond donors (Lipinski definition) is 1. The molecule has 112 valence electrons. The molecule has 2 atom stereocenters. The van der Waals surface area contributed by atoms with Crippen LogP contribution in [-0.2, 0) is 24.2 Å². The van der Waals surface area contributed by atoms with Crippen molar-refractivity contribution in [3.63, 3.8) is 0 Å². The van der Waals surface area contributed by atoms with E-state index in [-0.39, 0.29) is 18.7 Å². The van der Waals surface area contributed by atoms with E-state index in [1.165, 1.54) is 0 Å². The molecule has 2 aliphatic rings. The molecule has 2 fully saturated rings. The summed E-state index contributed by atoms with van der Waals surface area (Å²) in [5, 5.41) is 1.06. The zero-order valence-corrected chi connectivity index (χ0v) is 12.1. The van der Waals surface area contributed by atoms with Crippen molar-refractivity contribution in [2.45, 2.75) is 43.9 Å². The van der Waals surface area contributed by atoms with Crippen molar-refractivity contribution in [2.24, 2.45) is 0 Å². The smallest absolute Gasteiger partial charge is 0.249 e. The second-order valence-corrected chi connectivity index (χ2v) is 7.46. The van der Waals surface area contributed by atoms with Gasteiger partial charge in [0, 0.05) is 0 Å². The first-order valence-electron chi connectivity index (χ1n) is 6.72. The van der Waals surface area contributed by atoms with Crippen LogP contribution in [0.2, 0.25) is 0 Å². The van der Waals surface area contributed by atoms with E-state index in [4.69, 9.17) is 0 Å². The first-order valence-corrected chi connectivity index (χ1v) is 8.44. The van der Waals surface area contributed by atoms with Crippen LogP contribution < -0.4 is 5.32 Å². The first-order chi connectivity index (χ1) is 9.36. The zero-order chi connectivity index (χ0) is 14.9. The molecule has 0 aromatic rings. The average Bonchev–Trinajstić information content (AvgIpc) is 2.36. The Balaban J connectivity index is 2.26. The molecule has 0 aromatic heterocycles. The van der Waals surface area contributed by atoms with Crippen molar-refractivity contribution >= 4 is 27.6 Å². The average molecular weight is 302 g/mol. The summed E-state index contributed by atoms with van der Waals surface area (Å²) in [5.41, 5.74) is 0. The number of piperazine rings is 1. The predicted molar refractivity (Wildman–Crippen MR) is 70.4 cm³/mol. The number of rotatable bonds is 2. The molecule has 0 radical (unpaired) electrons. The predicted octanol–water partition coefficient (Wildman–Crippen LogP) is -0.783. The van der Waals surface area contributed by atoms with Crippen LogP contribution in [0.1, 0.15) is 32.6 Å². The van der Waals surface area contributed by atoms with Gasteiger partial charge in [0.25, 0.3) is 0 Å². The van der Waals surface area contributed by atoms with Crippen molar-refractivity contribution in [1.29, 1.82) is 0 Å². The number of nitrogens with one attached hydrogen (secondary N) is 1. The molecule has 0 aromatic carbocycles. The monoisotopic (exact) mass is 302 g/mol. The van der Waals surface area contributed by atoms with Crippen molar-refractivity contribution in [3.05, 3.63) is 0 Å². The summed E-state index contributed by atoms with van der Waals surface area (Å²) in [6, 6.07) is -0.766. The fraction of sp³-hybridized carbons (Fsp3) is 0.750. The first kappa shape index (κ1) is 15.0. The lowest BCUT2D eigenvalue weighted by Crippen LogP contribution is -2.62. The minimum atomic E-state index is -3.47. The normalized spacial score (nSPS) is 29.9. The van der Waals surface area contributed by atoms with Gasteiger partial charge in [0.2, 0.25) is 17.7 Å². The molecular formula is C12H18N2O5S. The van der Waals surface area contributed by atoms with Gasteiger partial charge in [-0.1, -0.05) is 13.3 Å². The van der Waals surface area contributed by atoms with E-state index in [2.05, 4.69) is 5.32 Å². The van der Waals surface area contributed by atoms with Gasteiger partial charge in [0.05, 0.1) is 5.75 Å². The van der Waals surface area contributed by atoms with Crippen LogP contribution in [-0.4, -0.2) is 54.6 Å². The third-order valence-electron chi connectivity index (χ3n) is 3.78. The molecule has 0 aliphatic carbocycles. The van der Waals surface area contributed by atoms with Gasteiger partial charge in [-0.25, -0.2) is 8.42 Å².